The SMILES string of the molecule is COc1cc(/C=C/C(=O)OCC(=O)Nc2cc3c(cc2C(C)=O)OCO3)ccc1OC(F)F. The van der Waals surface area contributed by atoms with Crippen LogP contribution in [0.25, 0.3) is 6.08 Å². The molecule has 0 atom stereocenters. The molecule has 0 aliphatic carbocycles. The molecule has 1 aliphatic heterocycles. The van der Waals surface area contributed by atoms with Crippen LogP contribution in [0.2, 0.25) is 0 Å². The molecule has 0 unspecified atom stereocenters. The summed E-state index contributed by atoms with van der Waals surface area (Å²) in [6.07, 6.45) is 2.40. The number of amides is 1. The molecule has 33 heavy (non-hydrogen) atoms. The van der Waals surface area contributed by atoms with Gasteiger partial charge in [0.1, 0.15) is 0 Å². The van der Waals surface area contributed by atoms with Crippen molar-refractivity contribution in [2.75, 3.05) is 25.8 Å². The number of benzene rings is 2. The predicted molar refractivity (Wildman–Crippen MR) is 111 cm³/mol. The molecule has 0 aromatic heterocycles. The lowest BCUT2D eigenvalue weighted by atomic mass is 10.1. The van der Waals surface area contributed by atoms with E-state index >= 15 is 0 Å². The average Bonchev–Trinajstić information content (AvgIpc) is 3.23. The number of carbonyl (C=O) groups excluding carboxylic acids is 3. The Morgan fingerprint density at radius 3 is 2.52 bits per heavy atom. The van der Waals surface area contributed by atoms with Crippen molar-refractivity contribution in [3.05, 3.63) is 47.5 Å². The van der Waals surface area contributed by atoms with Crippen molar-refractivity contribution in [1.29, 1.82) is 0 Å². The van der Waals surface area contributed by atoms with Crippen LogP contribution >= 0.6 is 0 Å². The first-order valence-corrected chi connectivity index (χ1v) is 9.49. The lowest BCUT2D eigenvalue weighted by Crippen LogP contribution is -2.21. The molecular weight excluding hydrogens is 444 g/mol. The van der Waals surface area contributed by atoms with Crippen LogP contribution < -0.4 is 24.3 Å². The van der Waals surface area contributed by atoms with Crippen LogP contribution in [0.4, 0.5) is 14.5 Å². The first kappa shape index (κ1) is 23.5. The van der Waals surface area contributed by atoms with Crippen LogP contribution in [-0.4, -0.2) is 44.8 Å². The first-order valence-electron chi connectivity index (χ1n) is 9.49. The predicted octanol–water partition coefficient (Wildman–Crippen LogP) is 3.42. The molecule has 0 bridgehead atoms. The van der Waals surface area contributed by atoms with Crippen LogP contribution in [0.5, 0.6) is 23.0 Å². The van der Waals surface area contributed by atoms with Crippen molar-refractivity contribution in [3.63, 3.8) is 0 Å². The van der Waals surface area contributed by atoms with Crippen molar-refractivity contribution in [2.45, 2.75) is 13.5 Å². The smallest absolute Gasteiger partial charge is 0.387 e. The minimum atomic E-state index is -3.01. The number of methoxy groups -OCH3 is 1. The van der Waals surface area contributed by atoms with Crippen LogP contribution in [0.3, 0.4) is 0 Å². The van der Waals surface area contributed by atoms with E-state index in [2.05, 4.69) is 10.1 Å². The molecule has 1 N–H and O–H groups in total. The Morgan fingerprint density at radius 1 is 1.12 bits per heavy atom. The minimum absolute atomic E-state index is 0.00186. The fourth-order valence-corrected chi connectivity index (χ4v) is 2.85. The third-order valence-corrected chi connectivity index (χ3v) is 4.33. The number of ether oxygens (including phenoxy) is 5. The van der Waals surface area contributed by atoms with Crippen LogP contribution in [0.1, 0.15) is 22.8 Å². The zero-order chi connectivity index (χ0) is 24.0. The van der Waals surface area contributed by atoms with Gasteiger partial charge in [-0.2, -0.15) is 8.78 Å². The molecule has 0 saturated heterocycles. The zero-order valence-electron chi connectivity index (χ0n) is 17.6. The van der Waals surface area contributed by atoms with Crippen molar-refractivity contribution in [1.82, 2.24) is 0 Å². The van der Waals surface area contributed by atoms with E-state index in [9.17, 15) is 23.2 Å². The van der Waals surface area contributed by atoms with E-state index in [1.807, 2.05) is 0 Å². The maximum absolute atomic E-state index is 12.4. The molecule has 0 radical (unpaired) electrons. The van der Waals surface area contributed by atoms with Crippen molar-refractivity contribution in [3.8, 4) is 23.0 Å². The molecule has 0 saturated carbocycles. The fourth-order valence-electron chi connectivity index (χ4n) is 2.85. The number of ketones is 1. The number of fused-ring (bicyclic) bond motifs is 1. The molecule has 9 nitrogen and oxygen atoms in total. The van der Waals surface area contributed by atoms with Gasteiger partial charge in [-0.1, -0.05) is 6.07 Å². The largest absolute Gasteiger partial charge is 0.493 e. The van der Waals surface area contributed by atoms with Crippen molar-refractivity contribution >= 4 is 29.4 Å². The van der Waals surface area contributed by atoms with Gasteiger partial charge >= 0.3 is 12.6 Å². The summed E-state index contributed by atoms with van der Waals surface area (Å²) in [6.45, 7) is -2.29. The van der Waals surface area contributed by atoms with Crippen LogP contribution in [0, 0.1) is 0 Å². The minimum Gasteiger partial charge on any atom is -0.493 e. The van der Waals surface area contributed by atoms with E-state index in [1.54, 1.807) is 0 Å². The third-order valence-electron chi connectivity index (χ3n) is 4.33. The summed E-state index contributed by atoms with van der Waals surface area (Å²) < 4.78 is 49.4. The summed E-state index contributed by atoms with van der Waals surface area (Å²) in [7, 11) is 1.28. The van der Waals surface area contributed by atoms with Gasteiger partial charge in [0.05, 0.1) is 12.8 Å². The molecule has 11 heteroatoms. The summed E-state index contributed by atoms with van der Waals surface area (Å²) in [4.78, 5) is 36.0. The van der Waals surface area contributed by atoms with Gasteiger partial charge in [0.25, 0.3) is 5.91 Å². The monoisotopic (exact) mass is 463 g/mol. The Kier molecular flexibility index (Phi) is 7.44. The Labute approximate surface area is 186 Å². The topological polar surface area (TPSA) is 109 Å². The zero-order valence-corrected chi connectivity index (χ0v) is 17.6. The van der Waals surface area contributed by atoms with Gasteiger partial charge in [-0.15, -0.1) is 0 Å². The molecule has 0 fully saturated rings. The Bertz CT molecular complexity index is 1100. The van der Waals surface area contributed by atoms with Gasteiger partial charge in [0, 0.05) is 17.7 Å². The molecular formula is C22H19F2NO8. The molecule has 174 valence electrons. The van der Waals surface area contributed by atoms with Gasteiger partial charge in [-0.05, 0) is 36.8 Å². The standard InChI is InChI=1S/C22H19F2NO8/c1-12(26)14-8-18-19(32-11-31-18)9-15(14)25-20(27)10-30-21(28)6-4-13-3-5-16(33-22(23)24)17(7-13)29-2/h3-9,22H,10-11H2,1-2H3,(H,25,27)/b6-4+. The lowest BCUT2D eigenvalue weighted by molar-refractivity contribution is -0.142. The molecule has 1 amide bonds. The Morgan fingerprint density at radius 2 is 1.85 bits per heavy atom. The number of anilines is 1. The van der Waals surface area contributed by atoms with Gasteiger partial charge in [0.2, 0.25) is 6.79 Å². The lowest BCUT2D eigenvalue weighted by Gasteiger charge is -2.11. The van der Waals surface area contributed by atoms with Crippen molar-refractivity contribution < 1.29 is 46.8 Å². The van der Waals surface area contributed by atoms with Crippen molar-refractivity contribution in [2.24, 2.45) is 0 Å². The third kappa shape index (κ3) is 6.19. The van der Waals surface area contributed by atoms with Gasteiger partial charge < -0.3 is 29.0 Å². The number of carbonyl (C=O) groups is 3. The number of rotatable bonds is 9. The second-order valence-electron chi connectivity index (χ2n) is 6.59. The van der Waals surface area contributed by atoms with Gasteiger partial charge in [-0.3, -0.25) is 9.59 Å². The highest BCUT2D eigenvalue weighted by atomic mass is 19.3. The van der Waals surface area contributed by atoms with E-state index in [-0.39, 0.29) is 35.3 Å². The fraction of sp³-hybridized carbons (Fsp3) is 0.227. The Balaban J connectivity index is 1.57. The second kappa shape index (κ2) is 10.4. The van der Waals surface area contributed by atoms with Crippen LogP contribution in [0.15, 0.2) is 36.4 Å². The maximum Gasteiger partial charge on any atom is 0.387 e. The highest BCUT2D eigenvalue weighted by Crippen LogP contribution is 2.37. The first-order chi connectivity index (χ1) is 15.8. The Hall–Kier alpha value is -4.15. The number of Topliss-reactive ketones (excluding diaryl/α,β-unsaturated/α-hetero) is 1. The summed E-state index contributed by atoms with van der Waals surface area (Å²) >= 11 is 0. The molecule has 3 rings (SSSR count). The van der Waals surface area contributed by atoms with Gasteiger partial charge in [-0.25, -0.2) is 4.79 Å². The highest BCUT2D eigenvalue weighted by Gasteiger charge is 2.20. The number of hydrogen-bond donors (Lipinski definition) is 1. The molecule has 0 spiro atoms. The molecule has 1 heterocycles. The van der Waals surface area contributed by atoms with E-state index < -0.39 is 25.1 Å². The van der Waals surface area contributed by atoms with Crippen LogP contribution in [-0.2, 0) is 14.3 Å². The number of nitrogens with one attached hydrogen (secondary N) is 1. The normalized spacial score (nSPS) is 12.0. The summed E-state index contributed by atoms with van der Waals surface area (Å²) in [5, 5.41) is 2.50. The number of alkyl halides is 2. The number of hydrogen-bond acceptors (Lipinski definition) is 8. The molecule has 2 aromatic rings. The average molecular weight is 463 g/mol. The molecule has 1 aliphatic rings. The maximum atomic E-state index is 12.4. The number of halogens is 2. The highest BCUT2D eigenvalue weighted by molar-refractivity contribution is 6.05. The van der Waals surface area contributed by atoms with E-state index in [0.717, 1.165) is 6.08 Å². The molecule has 2 aromatic carbocycles. The van der Waals surface area contributed by atoms with E-state index in [1.165, 1.54) is 50.4 Å². The quantitative estimate of drug-likeness (QED) is 0.342. The van der Waals surface area contributed by atoms with E-state index in [4.69, 9.17) is 18.9 Å². The van der Waals surface area contributed by atoms with E-state index in [0.29, 0.717) is 17.1 Å². The summed E-state index contributed by atoms with van der Waals surface area (Å²) in [5.41, 5.74) is 0.856. The number of esters is 1. The summed E-state index contributed by atoms with van der Waals surface area (Å²) in [5.74, 6) is -1.14. The van der Waals surface area contributed by atoms with Gasteiger partial charge in [0.15, 0.2) is 35.4 Å². The summed E-state index contributed by atoms with van der Waals surface area (Å²) in [6, 6.07) is 6.99. The second-order valence-corrected chi connectivity index (χ2v) is 6.59.